The van der Waals surface area contributed by atoms with Crippen LogP contribution in [0.5, 0.6) is 0 Å². The Bertz CT molecular complexity index is 464. The molecule has 4 nitrogen and oxygen atoms in total. The first-order valence-corrected chi connectivity index (χ1v) is 5.34. The van der Waals surface area contributed by atoms with Crippen LogP contribution < -0.4 is 5.32 Å². The Morgan fingerprint density at radius 3 is 2.65 bits per heavy atom. The Hall–Kier alpha value is -2.10. The first-order chi connectivity index (χ1) is 8.02. The van der Waals surface area contributed by atoms with Gasteiger partial charge in [-0.05, 0) is 36.3 Å². The summed E-state index contributed by atoms with van der Waals surface area (Å²) in [5.74, 6) is -1.02. The predicted octanol–water partition coefficient (Wildman–Crippen LogP) is 2.44. The first kappa shape index (κ1) is 13.0. The van der Waals surface area contributed by atoms with E-state index in [9.17, 15) is 9.59 Å². The van der Waals surface area contributed by atoms with Crippen molar-refractivity contribution in [3.05, 3.63) is 35.4 Å². The Morgan fingerprint density at radius 2 is 2.12 bits per heavy atom. The lowest BCUT2D eigenvalue weighted by Crippen LogP contribution is -2.09. The highest BCUT2D eigenvalue weighted by molar-refractivity contribution is 5.91. The predicted molar refractivity (Wildman–Crippen MR) is 66.8 cm³/mol. The number of amides is 1. The van der Waals surface area contributed by atoms with Crippen molar-refractivity contribution in [1.29, 1.82) is 0 Å². The third kappa shape index (κ3) is 4.10. The van der Waals surface area contributed by atoms with Crippen molar-refractivity contribution >= 4 is 23.6 Å². The zero-order valence-corrected chi connectivity index (χ0v) is 9.86. The highest BCUT2D eigenvalue weighted by atomic mass is 16.4. The maximum Gasteiger partial charge on any atom is 0.328 e. The lowest BCUT2D eigenvalue weighted by molar-refractivity contribution is -0.131. The molecule has 0 spiro atoms. The average Bonchev–Trinajstić information content (AvgIpc) is 2.27. The molecule has 2 N–H and O–H groups in total. The van der Waals surface area contributed by atoms with Crippen LogP contribution in [-0.2, 0) is 9.59 Å². The molecule has 1 aromatic rings. The number of aliphatic carboxylic acids is 1. The van der Waals surface area contributed by atoms with Gasteiger partial charge in [0.1, 0.15) is 0 Å². The molecule has 0 aliphatic heterocycles. The molecule has 0 fully saturated rings. The first-order valence-electron chi connectivity index (χ1n) is 5.34. The maximum absolute atomic E-state index is 11.2. The van der Waals surface area contributed by atoms with Gasteiger partial charge in [-0.2, -0.15) is 0 Å². The molecule has 0 bridgehead atoms. The van der Waals surface area contributed by atoms with Crippen molar-refractivity contribution in [2.24, 2.45) is 0 Å². The van der Waals surface area contributed by atoms with E-state index in [1.54, 1.807) is 19.1 Å². The van der Waals surface area contributed by atoms with Gasteiger partial charge in [-0.15, -0.1) is 0 Å². The average molecular weight is 233 g/mol. The molecule has 0 aromatic heterocycles. The Kier molecular flexibility index (Phi) is 4.46. The summed E-state index contributed by atoms with van der Waals surface area (Å²) in [6.45, 7) is 3.65. The zero-order chi connectivity index (χ0) is 12.8. The number of rotatable bonds is 4. The molecule has 0 atom stereocenters. The van der Waals surface area contributed by atoms with Crippen molar-refractivity contribution in [2.45, 2.75) is 20.3 Å². The van der Waals surface area contributed by atoms with E-state index in [0.717, 1.165) is 22.9 Å². The number of anilines is 1. The van der Waals surface area contributed by atoms with Gasteiger partial charge < -0.3 is 10.4 Å². The number of carboxylic acid groups (broad SMARTS) is 1. The Morgan fingerprint density at radius 1 is 1.41 bits per heavy atom. The second-order valence-corrected chi connectivity index (χ2v) is 3.64. The van der Waals surface area contributed by atoms with Crippen molar-refractivity contribution in [3.8, 4) is 0 Å². The van der Waals surface area contributed by atoms with E-state index in [4.69, 9.17) is 5.11 Å². The second kappa shape index (κ2) is 5.84. The normalized spacial score (nSPS) is 10.5. The topological polar surface area (TPSA) is 66.4 Å². The number of nitrogens with one attached hydrogen (secondary N) is 1. The van der Waals surface area contributed by atoms with E-state index in [1.807, 2.05) is 13.0 Å². The van der Waals surface area contributed by atoms with Crippen LogP contribution in [0.2, 0.25) is 0 Å². The quantitative estimate of drug-likeness (QED) is 0.785. The van der Waals surface area contributed by atoms with Gasteiger partial charge in [0.15, 0.2) is 0 Å². The highest BCUT2D eigenvalue weighted by Gasteiger charge is 2.01. The summed E-state index contributed by atoms with van der Waals surface area (Å²) in [5, 5.41) is 11.3. The van der Waals surface area contributed by atoms with E-state index < -0.39 is 5.97 Å². The molecular weight excluding hydrogens is 218 g/mol. The summed E-state index contributed by atoms with van der Waals surface area (Å²) in [6, 6.07) is 5.34. The van der Waals surface area contributed by atoms with Crippen LogP contribution in [0.4, 0.5) is 5.69 Å². The van der Waals surface area contributed by atoms with Gasteiger partial charge in [-0.25, -0.2) is 4.79 Å². The van der Waals surface area contributed by atoms with Crippen LogP contribution in [0.15, 0.2) is 24.3 Å². The van der Waals surface area contributed by atoms with Gasteiger partial charge in [-0.3, -0.25) is 4.79 Å². The zero-order valence-electron chi connectivity index (χ0n) is 9.86. The minimum absolute atomic E-state index is 0.0433. The maximum atomic E-state index is 11.2. The summed E-state index contributed by atoms with van der Waals surface area (Å²) in [6.07, 6.45) is 3.05. The third-order valence-corrected chi connectivity index (χ3v) is 2.28. The number of benzene rings is 1. The van der Waals surface area contributed by atoms with Crippen LogP contribution in [0.25, 0.3) is 6.08 Å². The van der Waals surface area contributed by atoms with Crippen molar-refractivity contribution in [2.75, 3.05) is 5.32 Å². The number of aryl methyl sites for hydroxylation is 1. The smallest absolute Gasteiger partial charge is 0.328 e. The van der Waals surface area contributed by atoms with Gasteiger partial charge in [-0.1, -0.05) is 13.0 Å². The molecule has 0 heterocycles. The van der Waals surface area contributed by atoms with Crippen LogP contribution >= 0.6 is 0 Å². The molecule has 0 saturated carbocycles. The minimum atomic E-state index is -0.979. The Balaban J connectivity index is 2.86. The molecule has 17 heavy (non-hydrogen) atoms. The molecule has 0 radical (unpaired) electrons. The van der Waals surface area contributed by atoms with Gasteiger partial charge in [0.25, 0.3) is 0 Å². The molecule has 0 saturated heterocycles. The van der Waals surface area contributed by atoms with Crippen molar-refractivity contribution in [3.63, 3.8) is 0 Å². The van der Waals surface area contributed by atoms with E-state index in [2.05, 4.69) is 5.32 Å². The molecule has 1 rings (SSSR count). The SMILES string of the molecule is CCC(=O)Nc1ccc(/C=C/C(=O)O)c(C)c1. The monoisotopic (exact) mass is 233 g/mol. The number of hydrogen-bond acceptors (Lipinski definition) is 2. The molecule has 0 unspecified atom stereocenters. The van der Waals surface area contributed by atoms with Crippen molar-refractivity contribution in [1.82, 2.24) is 0 Å². The second-order valence-electron chi connectivity index (χ2n) is 3.64. The molecule has 0 aliphatic carbocycles. The van der Waals surface area contributed by atoms with Crippen LogP contribution in [0.1, 0.15) is 24.5 Å². The number of carbonyl (C=O) groups excluding carboxylic acids is 1. The molecule has 4 heteroatoms. The van der Waals surface area contributed by atoms with Gasteiger partial charge in [0.05, 0.1) is 0 Å². The number of hydrogen-bond donors (Lipinski definition) is 2. The number of carboxylic acids is 1. The highest BCUT2D eigenvalue weighted by Crippen LogP contribution is 2.16. The van der Waals surface area contributed by atoms with Gasteiger partial charge >= 0.3 is 5.97 Å². The molecular formula is C13H15NO3. The largest absolute Gasteiger partial charge is 0.478 e. The summed E-state index contributed by atoms with van der Waals surface area (Å²) in [7, 11) is 0. The van der Waals surface area contributed by atoms with Crippen LogP contribution in [-0.4, -0.2) is 17.0 Å². The Labute approximate surface area is 100.0 Å². The fourth-order valence-corrected chi connectivity index (χ4v) is 1.35. The summed E-state index contributed by atoms with van der Waals surface area (Å²) in [5.41, 5.74) is 2.46. The number of carbonyl (C=O) groups is 2. The van der Waals surface area contributed by atoms with E-state index in [-0.39, 0.29) is 5.91 Å². The lowest BCUT2D eigenvalue weighted by Gasteiger charge is -2.06. The summed E-state index contributed by atoms with van der Waals surface area (Å²) >= 11 is 0. The molecule has 90 valence electrons. The molecule has 0 aliphatic rings. The molecule has 1 aromatic carbocycles. The third-order valence-electron chi connectivity index (χ3n) is 2.28. The van der Waals surface area contributed by atoms with E-state index in [0.29, 0.717) is 6.42 Å². The fraction of sp³-hybridized carbons (Fsp3) is 0.231. The van der Waals surface area contributed by atoms with E-state index in [1.165, 1.54) is 6.08 Å². The fourth-order valence-electron chi connectivity index (χ4n) is 1.35. The van der Waals surface area contributed by atoms with Crippen LogP contribution in [0, 0.1) is 6.92 Å². The van der Waals surface area contributed by atoms with Crippen molar-refractivity contribution < 1.29 is 14.7 Å². The minimum Gasteiger partial charge on any atom is -0.478 e. The van der Waals surface area contributed by atoms with Gasteiger partial charge in [0, 0.05) is 18.2 Å². The summed E-state index contributed by atoms with van der Waals surface area (Å²) in [4.78, 5) is 21.6. The van der Waals surface area contributed by atoms with Gasteiger partial charge in [0.2, 0.25) is 5.91 Å². The summed E-state index contributed by atoms with van der Waals surface area (Å²) < 4.78 is 0. The standard InChI is InChI=1S/C13H15NO3/c1-3-12(15)14-11-6-4-10(9(2)8-11)5-7-13(16)17/h4-8H,3H2,1-2H3,(H,14,15)(H,16,17)/b7-5+. The lowest BCUT2D eigenvalue weighted by atomic mass is 10.1. The van der Waals surface area contributed by atoms with Crippen LogP contribution in [0.3, 0.4) is 0 Å². The van der Waals surface area contributed by atoms with E-state index >= 15 is 0 Å². The molecule has 1 amide bonds.